The van der Waals surface area contributed by atoms with Gasteiger partial charge >= 0.3 is 0 Å². The highest BCUT2D eigenvalue weighted by molar-refractivity contribution is 5.24. The number of hydrogen-bond acceptors (Lipinski definition) is 2. The summed E-state index contributed by atoms with van der Waals surface area (Å²) in [5, 5.41) is 8.35. The van der Waals surface area contributed by atoms with Crippen LogP contribution in [-0.4, -0.2) is 22.9 Å². The molecule has 0 amide bonds. The summed E-state index contributed by atoms with van der Waals surface area (Å²) in [6.07, 6.45) is 1.07. The molecule has 0 aliphatic carbocycles. The van der Waals surface area contributed by atoms with Crippen LogP contribution in [0.1, 0.15) is 57.6 Å². The zero-order valence-electron chi connectivity index (χ0n) is 13.7. The van der Waals surface area contributed by atoms with E-state index in [0.29, 0.717) is 17.9 Å². The summed E-state index contributed by atoms with van der Waals surface area (Å²) in [6, 6.07) is 0.442. The standard InChI is InChI=1S/C16H31N3/c1-8-15-13(6)18-19(14(15)7)16(12(4)5)10-17-9-11(2)3/h11-12,16-17H,8-10H2,1-7H3. The summed E-state index contributed by atoms with van der Waals surface area (Å²) in [4.78, 5) is 0. The van der Waals surface area contributed by atoms with Gasteiger partial charge in [-0.3, -0.25) is 4.68 Å². The van der Waals surface area contributed by atoms with Crippen LogP contribution in [0.5, 0.6) is 0 Å². The van der Waals surface area contributed by atoms with E-state index in [1.807, 2.05) is 0 Å². The van der Waals surface area contributed by atoms with Crippen LogP contribution in [0.2, 0.25) is 0 Å². The maximum atomic E-state index is 4.78. The molecule has 0 aliphatic heterocycles. The van der Waals surface area contributed by atoms with Gasteiger partial charge in [0, 0.05) is 12.2 Å². The summed E-state index contributed by atoms with van der Waals surface area (Å²) < 4.78 is 2.24. The third kappa shape index (κ3) is 4.07. The third-order valence-corrected chi connectivity index (χ3v) is 3.82. The normalized spacial score (nSPS) is 13.5. The minimum Gasteiger partial charge on any atom is -0.314 e. The zero-order valence-corrected chi connectivity index (χ0v) is 13.7. The Balaban J connectivity index is 2.87. The van der Waals surface area contributed by atoms with Crippen molar-refractivity contribution in [1.82, 2.24) is 15.1 Å². The van der Waals surface area contributed by atoms with Gasteiger partial charge in [0.1, 0.15) is 0 Å². The lowest BCUT2D eigenvalue weighted by Crippen LogP contribution is -2.32. The number of aryl methyl sites for hydroxylation is 1. The molecular weight excluding hydrogens is 234 g/mol. The topological polar surface area (TPSA) is 29.9 Å². The first-order valence-corrected chi connectivity index (χ1v) is 7.63. The van der Waals surface area contributed by atoms with E-state index in [4.69, 9.17) is 5.10 Å². The summed E-state index contributed by atoms with van der Waals surface area (Å²) in [7, 11) is 0. The average Bonchev–Trinajstić information content (AvgIpc) is 2.59. The second kappa shape index (κ2) is 7.09. The molecule has 0 saturated heterocycles. The van der Waals surface area contributed by atoms with Gasteiger partial charge in [0.05, 0.1) is 11.7 Å². The van der Waals surface area contributed by atoms with Gasteiger partial charge in [0.2, 0.25) is 0 Å². The van der Waals surface area contributed by atoms with Crippen molar-refractivity contribution in [2.45, 2.75) is 60.9 Å². The number of aromatic nitrogens is 2. The molecule has 1 aromatic heterocycles. The zero-order chi connectivity index (χ0) is 14.6. The molecule has 1 atom stereocenters. The van der Waals surface area contributed by atoms with Gasteiger partial charge in [-0.1, -0.05) is 34.6 Å². The van der Waals surface area contributed by atoms with Crippen molar-refractivity contribution in [2.24, 2.45) is 11.8 Å². The Kier molecular flexibility index (Phi) is 6.05. The third-order valence-electron chi connectivity index (χ3n) is 3.82. The van der Waals surface area contributed by atoms with Gasteiger partial charge in [-0.2, -0.15) is 5.10 Å². The second-order valence-electron chi connectivity index (χ2n) is 6.31. The average molecular weight is 265 g/mol. The molecule has 0 aromatic carbocycles. The van der Waals surface area contributed by atoms with E-state index in [9.17, 15) is 0 Å². The van der Waals surface area contributed by atoms with Crippen LogP contribution in [0.3, 0.4) is 0 Å². The predicted molar refractivity (Wildman–Crippen MR) is 82.7 cm³/mol. The molecule has 3 nitrogen and oxygen atoms in total. The van der Waals surface area contributed by atoms with Crippen LogP contribution >= 0.6 is 0 Å². The lowest BCUT2D eigenvalue weighted by Gasteiger charge is -2.24. The Morgan fingerprint density at radius 2 is 1.74 bits per heavy atom. The van der Waals surface area contributed by atoms with E-state index >= 15 is 0 Å². The molecule has 0 saturated carbocycles. The Morgan fingerprint density at radius 3 is 2.16 bits per heavy atom. The molecule has 0 fully saturated rings. The predicted octanol–water partition coefficient (Wildman–Crippen LogP) is 3.51. The van der Waals surface area contributed by atoms with Gasteiger partial charge in [0.15, 0.2) is 0 Å². The van der Waals surface area contributed by atoms with E-state index in [-0.39, 0.29) is 0 Å². The molecule has 1 rings (SSSR count). The van der Waals surface area contributed by atoms with E-state index < -0.39 is 0 Å². The largest absolute Gasteiger partial charge is 0.314 e. The molecule has 19 heavy (non-hydrogen) atoms. The van der Waals surface area contributed by atoms with E-state index in [0.717, 1.165) is 19.5 Å². The molecule has 3 heteroatoms. The lowest BCUT2D eigenvalue weighted by molar-refractivity contribution is 0.319. The first-order valence-electron chi connectivity index (χ1n) is 7.63. The van der Waals surface area contributed by atoms with Crippen LogP contribution in [0.25, 0.3) is 0 Å². The van der Waals surface area contributed by atoms with Gasteiger partial charge in [-0.25, -0.2) is 0 Å². The van der Waals surface area contributed by atoms with Crippen LogP contribution in [-0.2, 0) is 6.42 Å². The first-order chi connectivity index (χ1) is 8.88. The minimum atomic E-state index is 0.442. The van der Waals surface area contributed by atoms with E-state index in [1.165, 1.54) is 17.0 Å². The summed E-state index contributed by atoms with van der Waals surface area (Å²) in [5.74, 6) is 1.28. The lowest BCUT2D eigenvalue weighted by atomic mass is 10.0. The van der Waals surface area contributed by atoms with Crippen molar-refractivity contribution in [3.63, 3.8) is 0 Å². The number of nitrogens with one attached hydrogen (secondary N) is 1. The van der Waals surface area contributed by atoms with Crippen molar-refractivity contribution in [3.05, 3.63) is 17.0 Å². The number of rotatable bonds is 7. The minimum absolute atomic E-state index is 0.442. The molecule has 0 spiro atoms. The van der Waals surface area contributed by atoms with Crippen LogP contribution in [0.4, 0.5) is 0 Å². The molecule has 110 valence electrons. The summed E-state index contributed by atoms with van der Waals surface area (Å²) in [6.45, 7) is 17.7. The van der Waals surface area contributed by atoms with E-state index in [2.05, 4.69) is 58.5 Å². The fourth-order valence-corrected chi connectivity index (χ4v) is 2.66. The quantitative estimate of drug-likeness (QED) is 0.817. The molecule has 1 unspecified atom stereocenters. The summed E-state index contributed by atoms with van der Waals surface area (Å²) >= 11 is 0. The first kappa shape index (κ1) is 16.2. The van der Waals surface area contributed by atoms with Crippen molar-refractivity contribution in [3.8, 4) is 0 Å². The number of nitrogens with zero attached hydrogens (tertiary/aromatic N) is 2. The van der Waals surface area contributed by atoms with Crippen LogP contribution in [0, 0.1) is 25.7 Å². The highest BCUT2D eigenvalue weighted by Gasteiger charge is 2.20. The van der Waals surface area contributed by atoms with Gasteiger partial charge < -0.3 is 5.32 Å². The second-order valence-corrected chi connectivity index (χ2v) is 6.31. The van der Waals surface area contributed by atoms with Gasteiger partial charge in [0.25, 0.3) is 0 Å². The van der Waals surface area contributed by atoms with Crippen molar-refractivity contribution < 1.29 is 0 Å². The van der Waals surface area contributed by atoms with Crippen molar-refractivity contribution in [1.29, 1.82) is 0 Å². The fraction of sp³-hybridized carbons (Fsp3) is 0.812. The van der Waals surface area contributed by atoms with Crippen molar-refractivity contribution >= 4 is 0 Å². The van der Waals surface area contributed by atoms with Crippen molar-refractivity contribution in [2.75, 3.05) is 13.1 Å². The van der Waals surface area contributed by atoms with E-state index in [1.54, 1.807) is 0 Å². The maximum absolute atomic E-state index is 4.78. The molecule has 1 N–H and O–H groups in total. The number of hydrogen-bond donors (Lipinski definition) is 1. The summed E-state index contributed by atoms with van der Waals surface area (Å²) in [5.41, 5.74) is 3.94. The fourth-order valence-electron chi connectivity index (χ4n) is 2.66. The van der Waals surface area contributed by atoms with Crippen LogP contribution in [0.15, 0.2) is 0 Å². The maximum Gasteiger partial charge on any atom is 0.0669 e. The Morgan fingerprint density at radius 1 is 1.11 bits per heavy atom. The smallest absolute Gasteiger partial charge is 0.0669 e. The van der Waals surface area contributed by atoms with Gasteiger partial charge in [-0.05, 0) is 44.2 Å². The Hall–Kier alpha value is -0.830. The molecular formula is C16H31N3. The Bertz CT molecular complexity index is 391. The Labute approximate surface area is 118 Å². The van der Waals surface area contributed by atoms with Gasteiger partial charge in [-0.15, -0.1) is 0 Å². The molecule has 1 aromatic rings. The van der Waals surface area contributed by atoms with Crippen LogP contribution < -0.4 is 5.32 Å². The molecule has 0 radical (unpaired) electrons. The highest BCUT2D eigenvalue weighted by atomic mass is 15.3. The SMILES string of the molecule is CCc1c(C)nn(C(CNCC(C)C)C(C)C)c1C. The molecule has 0 aliphatic rings. The molecule has 1 heterocycles. The molecule has 0 bridgehead atoms. The highest BCUT2D eigenvalue weighted by Crippen LogP contribution is 2.22. The monoisotopic (exact) mass is 265 g/mol.